The number of H-pyrrole nitrogens is 1. The summed E-state index contributed by atoms with van der Waals surface area (Å²) in [6.45, 7) is 0. The molecule has 3 nitrogen and oxygen atoms in total. The van der Waals surface area contributed by atoms with Gasteiger partial charge in [0.1, 0.15) is 0 Å². The molecule has 0 aliphatic rings. The van der Waals surface area contributed by atoms with Crippen LogP contribution in [0, 0.1) is 0 Å². The second-order valence-electron chi connectivity index (χ2n) is 2.00. The summed E-state index contributed by atoms with van der Waals surface area (Å²) >= 11 is 5.47. The molecular formula is C7H6ClNO2. The Labute approximate surface area is 68.0 Å². The number of pyridine rings is 1. The summed E-state index contributed by atoms with van der Waals surface area (Å²) < 4.78 is 0. The lowest BCUT2D eigenvalue weighted by molar-refractivity contribution is 0.112. The quantitative estimate of drug-likeness (QED) is 0.532. The first-order chi connectivity index (χ1) is 5.29. The Hall–Kier alpha value is -1.09. The Morgan fingerprint density at radius 1 is 1.64 bits per heavy atom. The van der Waals surface area contributed by atoms with E-state index in [1.165, 1.54) is 6.20 Å². The van der Waals surface area contributed by atoms with Crippen molar-refractivity contribution in [2.24, 2.45) is 0 Å². The first-order valence-corrected chi connectivity index (χ1v) is 3.54. The molecule has 0 bridgehead atoms. The summed E-state index contributed by atoms with van der Waals surface area (Å²) in [7, 11) is 0. The number of aldehydes is 1. The summed E-state index contributed by atoms with van der Waals surface area (Å²) in [5, 5.41) is 0. The van der Waals surface area contributed by atoms with Gasteiger partial charge in [-0.15, -0.1) is 11.6 Å². The van der Waals surface area contributed by atoms with E-state index in [2.05, 4.69) is 4.98 Å². The molecule has 0 atom stereocenters. The second kappa shape index (κ2) is 3.34. The molecule has 1 heterocycles. The van der Waals surface area contributed by atoms with Crippen LogP contribution in [0.5, 0.6) is 0 Å². The zero-order chi connectivity index (χ0) is 8.27. The Morgan fingerprint density at radius 2 is 2.36 bits per heavy atom. The van der Waals surface area contributed by atoms with E-state index < -0.39 is 5.56 Å². The molecule has 0 spiro atoms. The molecule has 0 radical (unpaired) electrons. The molecule has 0 saturated heterocycles. The largest absolute Gasteiger partial charge is 0.328 e. The van der Waals surface area contributed by atoms with E-state index in [0.29, 0.717) is 11.8 Å². The topological polar surface area (TPSA) is 49.9 Å². The highest BCUT2D eigenvalue weighted by molar-refractivity contribution is 6.17. The van der Waals surface area contributed by atoms with Gasteiger partial charge in [-0.3, -0.25) is 9.59 Å². The first-order valence-electron chi connectivity index (χ1n) is 3.01. The fourth-order valence-electron chi connectivity index (χ4n) is 0.777. The molecule has 11 heavy (non-hydrogen) atoms. The van der Waals surface area contributed by atoms with Crippen molar-refractivity contribution in [3.05, 3.63) is 33.7 Å². The maximum Gasteiger partial charge on any atom is 0.258 e. The molecule has 0 aliphatic heterocycles. The monoisotopic (exact) mass is 171 g/mol. The van der Waals surface area contributed by atoms with E-state index in [9.17, 15) is 9.59 Å². The smallest absolute Gasteiger partial charge is 0.258 e. The molecule has 1 aromatic rings. The number of hydrogen-bond acceptors (Lipinski definition) is 2. The van der Waals surface area contributed by atoms with E-state index >= 15 is 0 Å². The number of hydrogen-bond donors (Lipinski definition) is 1. The molecule has 0 unspecified atom stereocenters. The van der Waals surface area contributed by atoms with E-state index in [0.717, 1.165) is 0 Å². The van der Waals surface area contributed by atoms with E-state index in [4.69, 9.17) is 11.6 Å². The SMILES string of the molecule is O=Cc1c(CCl)cc[nH]c1=O. The van der Waals surface area contributed by atoms with Gasteiger partial charge in [0, 0.05) is 12.1 Å². The van der Waals surface area contributed by atoms with Crippen molar-refractivity contribution in [2.45, 2.75) is 5.88 Å². The molecule has 1 N–H and O–H groups in total. The highest BCUT2D eigenvalue weighted by atomic mass is 35.5. The fraction of sp³-hybridized carbons (Fsp3) is 0.143. The van der Waals surface area contributed by atoms with Crippen molar-refractivity contribution in [1.82, 2.24) is 4.98 Å². The summed E-state index contributed by atoms with van der Waals surface area (Å²) in [6.07, 6.45) is 1.98. The average molecular weight is 172 g/mol. The Morgan fingerprint density at radius 3 is 2.82 bits per heavy atom. The minimum absolute atomic E-state index is 0.113. The third-order valence-corrected chi connectivity index (χ3v) is 1.64. The Balaban J connectivity index is 3.36. The highest BCUT2D eigenvalue weighted by Gasteiger charge is 2.02. The van der Waals surface area contributed by atoms with Crippen LogP contribution in [0.4, 0.5) is 0 Å². The van der Waals surface area contributed by atoms with Gasteiger partial charge in [0.25, 0.3) is 5.56 Å². The fourth-order valence-corrected chi connectivity index (χ4v) is 1.01. The summed E-state index contributed by atoms with van der Waals surface area (Å²) in [4.78, 5) is 23.6. The predicted molar refractivity (Wildman–Crippen MR) is 42.0 cm³/mol. The number of aromatic amines is 1. The van der Waals surface area contributed by atoms with Crippen LogP contribution in [0.3, 0.4) is 0 Å². The van der Waals surface area contributed by atoms with Crippen LogP contribution in [0.25, 0.3) is 0 Å². The number of carbonyl (C=O) groups excluding carboxylic acids is 1. The van der Waals surface area contributed by atoms with Gasteiger partial charge in [-0.25, -0.2) is 0 Å². The van der Waals surface area contributed by atoms with Gasteiger partial charge in [-0.1, -0.05) is 0 Å². The van der Waals surface area contributed by atoms with Crippen LogP contribution in [0.15, 0.2) is 17.1 Å². The molecule has 0 aliphatic carbocycles. The number of carbonyl (C=O) groups is 1. The highest BCUT2D eigenvalue weighted by Crippen LogP contribution is 2.02. The molecule has 1 aromatic heterocycles. The van der Waals surface area contributed by atoms with Gasteiger partial charge in [0.05, 0.1) is 5.56 Å². The van der Waals surface area contributed by atoms with E-state index in [-0.39, 0.29) is 11.4 Å². The normalized spacial score (nSPS) is 9.55. The molecule has 0 fully saturated rings. The van der Waals surface area contributed by atoms with E-state index in [1.807, 2.05) is 0 Å². The van der Waals surface area contributed by atoms with Crippen LogP contribution in [0.2, 0.25) is 0 Å². The number of nitrogens with one attached hydrogen (secondary N) is 1. The maximum absolute atomic E-state index is 10.9. The predicted octanol–water partition coefficient (Wildman–Crippen LogP) is 0.926. The lowest BCUT2D eigenvalue weighted by Crippen LogP contribution is -2.13. The zero-order valence-corrected chi connectivity index (χ0v) is 6.39. The standard InChI is InChI=1S/C7H6ClNO2/c8-3-5-1-2-9-7(11)6(5)4-10/h1-2,4H,3H2,(H,9,11). The lowest BCUT2D eigenvalue weighted by Gasteiger charge is -1.95. The van der Waals surface area contributed by atoms with E-state index in [1.54, 1.807) is 6.07 Å². The van der Waals surface area contributed by atoms with Crippen molar-refractivity contribution in [3.63, 3.8) is 0 Å². The number of alkyl halides is 1. The van der Waals surface area contributed by atoms with Crippen LogP contribution in [-0.2, 0) is 5.88 Å². The van der Waals surface area contributed by atoms with Crippen molar-refractivity contribution in [3.8, 4) is 0 Å². The summed E-state index contributed by atoms with van der Waals surface area (Å²) in [5.41, 5.74) is 0.283. The summed E-state index contributed by atoms with van der Waals surface area (Å²) in [5.74, 6) is 0.179. The average Bonchev–Trinajstić information content (AvgIpc) is 2.04. The molecule has 0 saturated carbocycles. The number of rotatable bonds is 2. The van der Waals surface area contributed by atoms with Gasteiger partial charge in [0.2, 0.25) is 0 Å². The van der Waals surface area contributed by atoms with Gasteiger partial charge in [-0.2, -0.15) is 0 Å². The van der Waals surface area contributed by atoms with Crippen molar-refractivity contribution >= 4 is 17.9 Å². The number of aromatic nitrogens is 1. The zero-order valence-electron chi connectivity index (χ0n) is 5.63. The third kappa shape index (κ3) is 1.49. The van der Waals surface area contributed by atoms with Crippen LogP contribution >= 0.6 is 11.6 Å². The lowest BCUT2D eigenvalue weighted by atomic mass is 10.2. The van der Waals surface area contributed by atoms with Crippen LogP contribution in [0.1, 0.15) is 15.9 Å². The summed E-state index contributed by atoms with van der Waals surface area (Å²) in [6, 6.07) is 1.61. The Kier molecular flexibility index (Phi) is 2.44. The van der Waals surface area contributed by atoms with Crippen LogP contribution < -0.4 is 5.56 Å². The van der Waals surface area contributed by atoms with Crippen molar-refractivity contribution in [1.29, 1.82) is 0 Å². The van der Waals surface area contributed by atoms with Crippen molar-refractivity contribution in [2.75, 3.05) is 0 Å². The Bertz CT molecular complexity index is 318. The third-order valence-electron chi connectivity index (χ3n) is 1.35. The van der Waals surface area contributed by atoms with Gasteiger partial charge in [-0.05, 0) is 11.6 Å². The number of halogens is 1. The molecular weight excluding hydrogens is 166 g/mol. The van der Waals surface area contributed by atoms with Gasteiger partial charge < -0.3 is 4.98 Å². The van der Waals surface area contributed by atoms with Crippen LogP contribution in [-0.4, -0.2) is 11.3 Å². The van der Waals surface area contributed by atoms with Gasteiger partial charge >= 0.3 is 0 Å². The molecule has 4 heteroatoms. The second-order valence-corrected chi connectivity index (χ2v) is 2.26. The maximum atomic E-state index is 10.9. The molecule has 58 valence electrons. The molecule has 0 aromatic carbocycles. The molecule has 1 rings (SSSR count). The first kappa shape index (κ1) is 8.01. The minimum atomic E-state index is -0.391. The minimum Gasteiger partial charge on any atom is -0.328 e. The van der Waals surface area contributed by atoms with Crippen molar-refractivity contribution < 1.29 is 4.79 Å². The van der Waals surface area contributed by atoms with Gasteiger partial charge in [0.15, 0.2) is 6.29 Å². The molecule has 0 amide bonds.